The molecule has 0 spiro atoms. The molecule has 4 aromatic heterocycles. The first-order valence-corrected chi connectivity index (χ1v) is 52.4. The third kappa shape index (κ3) is 14.8. The van der Waals surface area contributed by atoms with Crippen LogP contribution in [0.3, 0.4) is 0 Å². The molecule has 27 rings (SSSR count). The largest absolute Gasteiger partial charge is 0.310 e. The van der Waals surface area contributed by atoms with Gasteiger partial charge in [-0.3, -0.25) is 0 Å². The number of thiophene rings is 2. The number of hydrogen-bond acceptors (Lipinski definition) is 2. The summed E-state index contributed by atoms with van der Waals surface area (Å²) >= 11 is 4.00. The number of aryl methyl sites for hydroxylation is 4. The van der Waals surface area contributed by atoms with Crippen molar-refractivity contribution in [3.8, 4) is 145 Å². The normalized spacial score (nSPS) is 14.2. The Bertz CT molecular complexity index is 8540. The summed E-state index contributed by atoms with van der Waals surface area (Å²) in [5.41, 5.74) is 50.9. The molecule has 4 aliphatic carbocycles. The van der Waals surface area contributed by atoms with Crippen molar-refractivity contribution in [2.45, 2.75) is 64.2 Å². The zero-order valence-electron chi connectivity index (χ0n) is 80.3. The van der Waals surface area contributed by atoms with Crippen LogP contribution in [0.25, 0.3) is 210 Å². The van der Waals surface area contributed by atoms with Gasteiger partial charge in [-0.25, -0.2) is 0 Å². The van der Waals surface area contributed by atoms with Crippen molar-refractivity contribution in [2.24, 2.45) is 0 Å². The zero-order valence-corrected chi connectivity index (χ0v) is 81.9. The topological polar surface area (TPSA) is 9.86 Å². The predicted octanol–water partition coefficient (Wildman–Crippen LogP) is 38.1. The van der Waals surface area contributed by atoms with Gasteiger partial charge in [-0.05, 0) is 301 Å². The fourth-order valence-electron chi connectivity index (χ4n) is 24.3. The smallest absolute Gasteiger partial charge is 0.0537 e. The highest BCUT2D eigenvalue weighted by atomic mass is 32.1. The average Bonchev–Trinajstić information content (AvgIpc) is 0.928. The SMILES string of the molecule is Cc1ccc(-c2c(-c3ccccc3)c(-c3ccc(-c4c(-c5ccccc5)c(-c5ccccc5)c(-c5ccc(-n6c7c(c8ccccc86)CC(c6cccc8c9c(sc68)C(c6ccccc6)=CCC9)C=C7)cc5)c(-c5ccc(C)cc5)c4-c4ccccc4)cc3)c(-c3ccccc3)c(-c3ccccc3)c2-c2ccc(-n3c4c(c5ccccc53)CC(c3cccc5c6c(sc35)C(c3ccccc3)=CCC6)C=C4)cc2)cc1. The summed E-state index contributed by atoms with van der Waals surface area (Å²) < 4.78 is 7.90. The van der Waals surface area contributed by atoms with Crippen LogP contribution in [-0.4, -0.2) is 9.13 Å². The summed E-state index contributed by atoms with van der Waals surface area (Å²) in [6.45, 7) is 4.42. The lowest BCUT2D eigenvalue weighted by Gasteiger charge is -2.30. The Morgan fingerprint density at radius 2 is 0.451 bits per heavy atom. The molecule has 0 N–H and O–H groups in total. The average molecular weight is 1870 g/mol. The van der Waals surface area contributed by atoms with E-state index in [1.165, 1.54) is 152 Å². The quantitative estimate of drug-likeness (QED) is 0.0810. The number of fused-ring (bicyclic) bond motifs is 12. The summed E-state index contributed by atoms with van der Waals surface area (Å²) in [7, 11) is 0. The molecule has 0 amide bonds. The van der Waals surface area contributed by atoms with Crippen LogP contribution in [-0.2, 0) is 25.7 Å². The number of rotatable bonds is 18. The van der Waals surface area contributed by atoms with Crippen molar-refractivity contribution in [3.05, 3.63) is 550 Å². The zero-order chi connectivity index (χ0) is 95.4. The van der Waals surface area contributed by atoms with E-state index in [2.05, 4.69) is 508 Å². The molecule has 4 heteroatoms. The number of benzene rings is 19. The molecule has 4 heterocycles. The van der Waals surface area contributed by atoms with Crippen LogP contribution >= 0.6 is 22.7 Å². The molecule has 682 valence electrons. The summed E-state index contributed by atoms with van der Waals surface area (Å²) in [6.07, 6.45) is 20.9. The summed E-state index contributed by atoms with van der Waals surface area (Å²) in [5.74, 6) is 0.416. The van der Waals surface area contributed by atoms with Crippen molar-refractivity contribution in [1.82, 2.24) is 9.13 Å². The molecule has 0 aliphatic heterocycles. The molecular formula is C140H100N2S2. The first kappa shape index (κ1) is 86.3. The Kier molecular flexibility index (Phi) is 21.8. The fraction of sp³-hybridized carbons (Fsp3) is 0.0714. The minimum absolute atomic E-state index is 0.208. The lowest BCUT2D eigenvalue weighted by atomic mass is 9.73. The van der Waals surface area contributed by atoms with E-state index in [0.717, 1.165) is 161 Å². The fourth-order valence-corrected chi connectivity index (χ4v) is 27.3. The van der Waals surface area contributed by atoms with E-state index in [4.69, 9.17) is 0 Å². The highest BCUT2D eigenvalue weighted by Gasteiger charge is 2.36. The maximum Gasteiger partial charge on any atom is 0.0537 e. The van der Waals surface area contributed by atoms with Crippen LogP contribution in [0.1, 0.15) is 101 Å². The number of hydrogen-bond donors (Lipinski definition) is 0. The summed E-state index contributed by atoms with van der Waals surface area (Å²) in [5, 5.41) is 5.42. The van der Waals surface area contributed by atoms with E-state index in [1.54, 1.807) is 0 Å². The maximum absolute atomic E-state index is 2.53. The van der Waals surface area contributed by atoms with Gasteiger partial charge in [0.05, 0.1) is 11.0 Å². The van der Waals surface area contributed by atoms with Crippen LogP contribution in [0.15, 0.2) is 473 Å². The Balaban J connectivity index is 0.635. The molecule has 23 aromatic rings. The van der Waals surface area contributed by atoms with Gasteiger partial charge in [-0.1, -0.05) is 448 Å². The third-order valence-electron chi connectivity index (χ3n) is 30.8. The van der Waals surface area contributed by atoms with Gasteiger partial charge in [0.1, 0.15) is 0 Å². The molecule has 0 fully saturated rings. The van der Waals surface area contributed by atoms with E-state index in [9.17, 15) is 0 Å². The highest BCUT2D eigenvalue weighted by molar-refractivity contribution is 7.21. The van der Waals surface area contributed by atoms with E-state index >= 15 is 0 Å². The second-order valence-electron chi connectivity index (χ2n) is 39.2. The van der Waals surface area contributed by atoms with Gasteiger partial charge in [-0.2, -0.15) is 0 Å². The van der Waals surface area contributed by atoms with E-state index in [-0.39, 0.29) is 11.8 Å². The van der Waals surface area contributed by atoms with E-state index < -0.39 is 0 Å². The minimum atomic E-state index is 0.208. The first-order valence-electron chi connectivity index (χ1n) is 50.8. The second-order valence-corrected chi connectivity index (χ2v) is 41.2. The lowest BCUT2D eigenvalue weighted by molar-refractivity contribution is 0.833. The predicted molar refractivity (Wildman–Crippen MR) is 613 cm³/mol. The molecule has 2 nitrogen and oxygen atoms in total. The third-order valence-corrected chi connectivity index (χ3v) is 33.5. The highest BCUT2D eigenvalue weighted by Crippen LogP contribution is 2.61. The number of allylic oxidation sites excluding steroid dienone is 4. The van der Waals surface area contributed by atoms with Crippen molar-refractivity contribution in [1.29, 1.82) is 0 Å². The number of nitrogens with zero attached hydrogens (tertiary/aromatic N) is 2. The molecule has 19 aromatic carbocycles. The van der Waals surface area contributed by atoms with Gasteiger partial charge >= 0.3 is 0 Å². The van der Waals surface area contributed by atoms with Gasteiger partial charge in [0, 0.05) is 64.5 Å². The first-order chi connectivity index (χ1) is 71.3. The van der Waals surface area contributed by atoms with Gasteiger partial charge in [0.25, 0.3) is 0 Å². The molecule has 0 bridgehead atoms. The molecule has 4 aliphatic rings. The lowest BCUT2D eigenvalue weighted by Crippen LogP contribution is -2.07. The van der Waals surface area contributed by atoms with Crippen LogP contribution in [0, 0.1) is 13.8 Å². The van der Waals surface area contributed by atoms with Crippen LogP contribution in [0.5, 0.6) is 0 Å². The van der Waals surface area contributed by atoms with Crippen molar-refractivity contribution < 1.29 is 0 Å². The molecular weight excluding hydrogens is 1770 g/mol. The molecule has 2 unspecified atom stereocenters. The van der Waals surface area contributed by atoms with Crippen LogP contribution in [0.2, 0.25) is 0 Å². The second kappa shape index (κ2) is 36.3. The molecule has 0 radical (unpaired) electrons. The monoisotopic (exact) mass is 1870 g/mol. The number of para-hydroxylation sites is 2. The van der Waals surface area contributed by atoms with E-state index in [1.807, 2.05) is 22.7 Å². The van der Waals surface area contributed by atoms with E-state index in [0.29, 0.717) is 0 Å². The van der Waals surface area contributed by atoms with Gasteiger partial charge in [0.15, 0.2) is 0 Å². The maximum atomic E-state index is 2.53. The van der Waals surface area contributed by atoms with Gasteiger partial charge in [0.2, 0.25) is 0 Å². The minimum Gasteiger partial charge on any atom is -0.310 e. The van der Waals surface area contributed by atoms with Crippen molar-refractivity contribution in [3.63, 3.8) is 0 Å². The summed E-state index contributed by atoms with van der Waals surface area (Å²) in [6, 6.07) is 170. The number of aromatic nitrogens is 2. The summed E-state index contributed by atoms with van der Waals surface area (Å²) in [4.78, 5) is 2.85. The molecule has 0 saturated heterocycles. The molecule has 144 heavy (non-hydrogen) atoms. The Morgan fingerprint density at radius 1 is 0.215 bits per heavy atom. The van der Waals surface area contributed by atoms with Crippen LogP contribution < -0.4 is 0 Å². The molecule has 0 saturated carbocycles. The Hall–Kier alpha value is -16.9. The Labute approximate surface area is 849 Å². The van der Waals surface area contributed by atoms with Crippen molar-refractivity contribution >= 4 is 87.9 Å². The van der Waals surface area contributed by atoms with Crippen LogP contribution in [0.4, 0.5) is 0 Å². The molecule has 2 atom stereocenters. The van der Waals surface area contributed by atoms with Gasteiger partial charge in [-0.15, -0.1) is 22.7 Å². The van der Waals surface area contributed by atoms with Crippen molar-refractivity contribution in [2.75, 3.05) is 0 Å². The van der Waals surface area contributed by atoms with Gasteiger partial charge < -0.3 is 9.13 Å². The Morgan fingerprint density at radius 3 is 0.736 bits per heavy atom. The standard InChI is InChI=1S/C140H100N2S2/c1-89-63-67-99(68-64-89)131-129(97-47-23-9-24-48-97)133(125(93-39-15-5-16-40-93)127(95-43-19-7-20-44-95)135(131)103-75-81-107(82-76-103)141-121-61-29-27-51-113(121)119-87-105(79-85-123(119)141)111-55-33-59-117-115-57-31-53-109(137(115)143-139(111)117)91-35-11-3-12-36-91)101-71-73-102(74-72-101)134-126(94-41-17-6-18-42-94)128(96-45-21-8-22-46-96)136(132(100-69-65-90(2)66-70-100)130(134)98-49-25-10-26-50-98)104-77-83-108(84-78-104)142-122-62-30-28-52-114(122)120-88-106(80-86-124(120)142)112-56-34-60-118-116-58-32-54-110(138(116)144-140(112)118)92-37-13-4-14-38-92/h3-30,33-56,59-86,105-106H,31-32,57-58,87-88H2,1-2H3.